The van der Waals surface area contributed by atoms with Crippen molar-refractivity contribution in [2.45, 2.75) is 24.0 Å². The van der Waals surface area contributed by atoms with Gasteiger partial charge in [0.1, 0.15) is 11.2 Å². The van der Waals surface area contributed by atoms with Crippen molar-refractivity contribution < 1.29 is 13.9 Å². The van der Waals surface area contributed by atoms with Crippen LogP contribution in [0.5, 0.6) is 0 Å². The summed E-state index contributed by atoms with van der Waals surface area (Å²) < 4.78 is 17.7. The number of fused-ring (bicyclic) bond motifs is 1. The normalized spacial score (nSPS) is 42.8. The van der Waals surface area contributed by atoms with Gasteiger partial charge < -0.3 is 4.74 Å². The molecule has 1 N–H and O–H groups in total. The van der Waals surface area contributed by atoms with E-state index in [4.69, 9.17) is 0 Å². The number of ether oxygens (including phenoxy) is 1. The topological polar surface area (TPSA) is 38.3 Å². The van der Waals surface area contributed by atoms with E-state index in [1.165, 1.54) is 7.11 Å². The van der Waals surface area contributed by atoms with Gasteiger partial charge in [-0.3, -0.25) is 10.1 Å². The van der Waals surface area contributed by atoms with Gasteiger partial charge in [0.2, 0.25) is 0 Å². The van der Waals surface area contributed by atoms with Gasteiger partial charge in [0.05, 0.1) is 7.11 Å². The minimum Gasteiger partial charge on any atom is -0.468 e. The van der Waals surface area contributed by atoms with E-state index in [9.17, 15) is 9.18 Å². The van der Waals surface area contributed by atoms with Gasteiger partial charge in [-0.1, -0.05) is 0 Å². The minimum absolute atomic E-state index is 0. The monoisotopic (exact) mass is 195 g/mol. The molecular weight excluding hydrogens is 185 g/mol. The second-order valence-corrected chi connectivity index (χ2v) is 3.43. The van der Waals surface area contributed by atoms with Crippen LogP contribution in [0.25, 0.3) is 0 Å². The highest BCUT2D eigenvalue weighted by Crippen LogP contribution is 2.50. The van der Waals surface area contributed by atoms with Crippen LogP contribution in [0.2, 0.25) is 0 Å². The van der Waals surface area contributed by atoms with E-state index >= 15 is 0 Å². The van der Waals surface area contributed by atoms with Crippen molar-refractivity contribution in [2.24, 2.45) is 0 Å². The molecule has 12 heavy (non-hydrogen) atoms. The van der Waals surface area contributed by atoms with E-state index in [-0.39, 0.29) is 31.2 Å². The first-order valence-electron chi connectivity index (χ1n) is 3.63. The molecule has 0 unspecified atom stereocenters. The van der Waals surface area contributed by atoms with Gasteiger partial charge in [-0.2, -0.15) is 0 Å². The fourth-order valence-electron chi connectivity index (χ4n) is 2.02. The van der Waals surface area contributed by atoms with Gasteiger partial charge in [0.25, 0.3) is 0 Å². The molecule has 3 aliphatic rings. The third-order valence-corrected chi connectivity index (χ3v) is 2.56. The Hall–Kier alpha value is -0.350. The van der Waals surface area contributed by atoms with Gasteiger partial charge in [0, 0.05) is 19.4 Å². The maximum Gasteiger partial charge on any atom is 0.326 e. The Labute approximate surface area is 76.1 Å². The molecule has 1 saturated carbocycles. The van der Waals surface area contributed by atoms with Crippen LogP contribution in [-0.2, 0) is 9.53 Å². The van der Waals surface area contributed by atoms with Crippen LogP contribution in [0.3, 0.4) is 0 Å². The number of halogens is 2. The van der Waals surface area contributed by atoms with Crippen molar-refractivity contribution in [3.05, 3.63) is 0 Å². The fraction of sp³-hybridized carbons (Fsp3) is 0.857. The van der Waals surface area contributed by atoms with Crippen LogP contribution in [0, 0.1) is 0 Å². The van der Waals surface area contributed by atoms with Gasteiger partial charge in [-0.05, 0) is 0 Å². The standard InChI is InChI=1S/C7H10FNO2.ClH/c1-11-5(10)7-2-6(8,3-7)4-9-7;/h9H,2-4H2,1H3;1H. The molecule has 3 nitrogen and oxygen atoms in total. The second kappa shape index (κ2) is 2.57. The maximum absolute atomic E-state index is 13.1. The van der Waals surface area contributed by atoms with Crippen LogP contribution in [0.15, 0.2) is 0 Å². The quantitative estimate of drug-likeness (QED) is 0.617. The van der Waals surface area contributed by atoms with Crippen molar-refractivity contribution in [1.82, 2.24) is 5.32 Å². The van der Waals surface area contributed by atoms with E-state index in [2.05, 4.69) is 10.1 Å². The first-order chi connectivity index (χ1) is 5.10. The van der Waals surface area contributed by atoms with E-state index in [0.29, 0.717) is 6.54 Å². The number of esters is 1. The van der Waals surface area contributed by atoms with E-state index in [0.717, 1.165) is 0 Å². The lowest BCUT2D eigenvalue weighted by molar-refractivity contribution is -0.153. The molecule has 2 saturated heterocycles. The Balaban J connectivity index is 0.000000720. The van der Waals surface area contributed by atoms with E-state index in [1.54, 1.807) is 0 Å². The van der Waals surface area contributed by atoms with Crippen LogP contribution in [-0.4, -0.2) is 30.8 Å². The lowest BCUT2D eigenvalue weighted by Crippen LogP contribution is -2.55. The van der Waals surface area contributed by atoms with Crippen molar-refractivity contribution in [2.75, 3.05) is 13.7 Å². The summed E-state index contributed by atoms with van der Waals surface area (Å²) in [5.74, 6) is -0.330. The predicted octanol–water partition coefficient (Wildman–Crippen LogP) is 0.425. The van der Waals surface area contributed by atoms with Crippen molar-refractivity contribution in [3.63, 3.8) is 0 Å². The van der Waals surface area contributed by atoms with Crippen LogP contribution in [0.1, 0.15) is 12.8 Å². The van der Waals surface area contributed by atoms with Crippen molar-refractivity contribution in [3.8, 4) is 0 Å². The highest BCUT2D eigenvalue weighted by Gasteiger charge is 2.66. The first-order valence-corrected chi connectivity index (χ1v) is 3.63. The van der Waals surface area contributed by atoms with Gasteiger partial charge >= 0.3 is 5.97 Å². The lowest BCUT2D eigenvalue weighted by atomic mass is 9.71. The second-order valence-electron chi connectivity index (χ2n) is 3.43. The third-order valence-electron chi connectivity index (χ3n) is 2.56. The largest absolute Gasteiger partial charge is 0.468 e. The Kier molecular flexibility index (Phi) is 2.08. The average molecular weight is 196 g/mol. The number of hydrogen-bond donors (Lipinski definition) is 1. The molecule has 2 bridgehead atoms. The van der Waals surface area contributed by atoms with Gasteiger partial charge in [0.15, 0.2) is 0 Å². The zero-order chi connectivity index (χ0) is 8.11. The smallest absolute Gasteiger partial charge is 0.326 e. The zero-order valence-electron chi connectivity index (χ0n) is 6.72. The maximum atomic E-state index is 13.1. The first kappa shape index (κ1) is 9.74. The molecule has 0 spiro atoms. The number of methoxy groups -OCH3 is 1. The van der Waals surface area contributed by atoms with E-state index < -0.39 is 11.2 Å². The highest BCUT2D eigenvalue weighted by molar-refractivity contribution is 5.85. The number of carbonyl (C=O) groups is 1. The molecule has 0 aromatic rings. The summed E-state index contributed by atoms with van der Waals surface area (Å²) in [7, 11) is 1.33. The van der Waals surface area contributed by atoms with Crippen molar-refractivity contribution >= 4 is 18.4 Å². The molecule has 70 valence electrons. The molecule has 0 amide bonds. The van der Waals surface area contributed by atoms with Crippen LogP contribution in [0.4, 0.5) is 4.39 Å². The minimum atomic E-state index is -1.13. The molecule has 0 aromatic heterocycles. The molecular formula is C7H11ClFNO2. The highest BCUT2D eigenvalue weighted by atomic mass is 35.5. The molecule has 0 aromatic carbocycles. The Morgan fingerprint density at radius 3 is 2.50 bits per heavy atom. The number of hydrogen-bond acceptors (Lipinski definition) is 3. The predicted molar refractivity (Wildman–Crippen MR) is 43.1 cm³/mol. The lowest BCUT2D eigenvalue weighted by Gasteiger charge is -2.38. The molecule has 3 fully saturated rings. The van der Waals surface area contributed by atoms with E-state index in [1.807, 2.05) is 0 Å². The summed E-state index contributed by atoms with van der Waals surface area (Å²) >= 11 is 0. The molecule has 5 heteroatoms. The SMILES string of the molecule is COC(=O)C12CC(F)(CN1)C2.Cl. The van der Waals surface area contributed by atoms with Gasteiger partial charge in [-0.25, -0.2) is 4.39 Å². The number of alkyl halides is 1. The Bertz CT molecular complexity index is 215. The average Bonchev–Trinajstić information content (AvgIpc) is 2.40. The summed E-state index contributed by atoms with van der Waals surface area (Å²) in [5, 5.41) is 2.85. The molecule has 2 heterocycles. The summed E-state index contributed by atoms with van der Waals surface area (Å²) in [6.07, 6.45) is 0.569. The van der Waals surface area contributed by atoms with Gasteiger partial charge in [-0.15, -0.1) is 12.4 Å². The number of carbonyl (C=O) groups excluding carboxylic acids is 1. The summed E-state index contributed by atoms with van der Waals surface area (Å²) in [6, 6.07) is 0. The molecule has 1 aliphatic carbocycles. The summed E-state index contributed by atoms with van der Waals surface area (Å²) in [6.45, 7) is 0.294. The summed E-state index contributed by atoms with van der Waals surface area (Å²) in [4.78, 5) is 11.1. The number of nitrogens with one attached hydrogen (secondary N) is 1. The summed E-state index contributed by atoms with van der Waals surface area (Å²) in [5.41, 5.74) is -1.81. The Morgan fingerprint density at radius 2 is 2.17 bits per heavy atom. The van der Waals surface area contributed by atoms with Crippen molar-refractivity contribution in [1.29, 1.82) is 0 Å². The number of rotatable bonds is 1. The Morgan fingerprint density at radius 1 is 1.58 bits per heavy atom. The molecule has 3 rings (SSSR count). The molecule has 0 radical (unpaired) electrons. The molecule has 0 atom stereocenters. The van der Waals surface area contributed by atoms with Crippen LogP contribution < -0.4 is 5.32 Å². The van der Waals surface area contributed by atoms with Crippen LogP contribution >= 0.6 is 12.4 Å². The fourth-order valence-corrected chi connectivity index (χ4v) is 2.02. The zero-order valence-corrected chi connectivity index (χ0v) is 7.54. The molecule has 2 aliphatic heterocycles. The third kappa shape index (κ3) is 1.02.